The van der Waals surface area contributed by atoms with E-state index in [0.29, 0.717) is 6.61 Å². The number of ether oxygens (including phenoxy) is 1. The van der Waals surface area contributed by atoms with Crippen LogP contribution in [0.15, 0.2) is 36.4 Å². The first-order valence-corrected chi connectivity index (χ1v) is 6.65. The second kappa shape index (κ2) is 6.38. The highest BCUT2D eigenvalue weighted by atomic mass is 16.5. The third-order valence-electron chi connectivity index (χ3n) is 2.96. The Bertz CT molecular complexity index is 507. The number of aryl methyl sites for hydroxylation is 2. The Morgan fingerprint density at radius 2 is 2.05 bits per heavy atom. The van der Waals surface area contributed by atoms with Crippen LogP contribution in [0.1, 0.15) is 18.3 Å². The van der Waals surface area contributed by atoms with Crippen LogP contribution in [0.3, 0.4) is 0 Å². The van der Waals surface area contributed by atoms with Gasteiger partial charge >= 0.3 is 0 Å². The van der Waals surface area contributed by atoms with Gasteiger partial charge in [-0.15, -0.1) is 0 Å². The molecule has 19 heavy (non-hydrogen) atoms. The largest absolute Gasteiger partial charge is 0.492 e. The van der Waals surface area contributed by atoms with E-state index < -0.39 is 0 Å². The van der Waals surface area contributed by atoms with Gasteiger partial charge in [0.2, 0.25) is 0 Å². The molecule has 0 amide bonds. The van der Waals surface area contributed by atoms with Crippen molar-refractivity contribution in [2.45, 2.75) is 32.9 Å². The molecule has 0 aliphatic heterocycles. The number of nitrogens with two attached hydrogens (primary N) is 1. The Morgan fingerprint density at radius 3 is 2.74 bits per heavy atom. The van der Waals surface area contributed by atoms with Gasteiger partial charge in [0.25, 0.3) is 0 Å². The maximum absolute atomic E-state index is 6.12. The molecule has 1 atom stereocenters. The SMILES string of the molecule is CCn1nc(C)cc1CC(N)COc1ccccc1. The molecule has 2 aromatic rings. The quantitative estimate of drug-likeness (QED) is 0.865. The summed E-state index contributed by atoms with van der Waals surface area (Å²) in [7, 11) is 0. The van der Waals surface area contributed by atoms with E-state index in [1.54, 1.807) is 0 Å². The first kappa shape index (κ1) is 13.6. The first-order valence-electron chi connectivity index (χ1n) is 6.65. The summed E-state index contributed by atoms with van der Waals surface area (Å²) in [6.07, 6.45) is 0.779. The number of benzene rings is 1. The fraction of sp³-hybridized carbons (Fsp3) is 0.400. The van der Waals surface area contributed by atoms with Gasteiger partial charge in [-0.2, -0.15) is 5.10 Å². The van der Waals surface area contributed by atoms with Crippen LogP contribution in [0.5, 0.6) is 5.75 Å². The fourth-order valence-electron chi connectivity index (χ4n) is 2.08. The first-order chi connectivity index (χ1) is 9.19. The summed E-state index contributed by atoms with van der Waals surface area (Å²) in [6, 6.07) is 11.8. The molecule has 0 aliphatic rings. The molecule has 0 aliphatic carbocycles. The maximum Gasteiger partial charge on any atom is 0.119 e. The lowest BCUT2D eigenvalue weighted by atomic mass is 10.1. The molecule has 0 radical (unpaired) electrons. The van der Waals surface area contributed by atoms with Crippen LogP contribution in [0.25, 0.3) is 0 Å². The van der Waals surface area contributed by atoms with Gasteiger partial charge in [0.15, 0.2) is 0 Å². The molecule has 1 aromatic heterocycles. The van der Waals surface area contributed by atoms with Crippen LogP contribution in [0.2, 0.25) is 0 Å². The van der Waals surface area contributed by atoms with Crippen molar-refractivity contribution >= 4 is 0 Å². The van der Waals surface area contributed by atoms with Crippen molar-refractivity contribution in [3.63, 3.8) is 0 Å². The molecule has 102 valence electrons. The van der Waals surface area contributed by atoms with Crippen LogP contribution in [0.4, 0.5) is 0 Å². The zero-order chi connectivity index (χ0) is 13.7. The molecule has 1 unspecified atom stereocenters. The monoisotopic (exact) mass is 259 g/mol. The topological polar surface area (TPSA) is 53.1 Å². The standard InChI is InChI=1S/C15H21N3O/c1-3-18-14(9-12(2)17-18)10-13(16)11-19-15-7-5-4-6-8-15/h4-9,13H,3,10-11,16H2,1-2H3. The second-order valence-corrected chi connectivity index (χ2v) is 4.68. The van der Waals surface area contributed by atoms with E-state index >= 15 is 0 Å². The molecule has 1 aromatic carbocycles. The number of aromatic nitrogens is 2. The fourth-order valence-corrected chi connectivity index (χ4v) is 2.08. The normalized spacial score (nSPS) is 12.4. The Balaban J connectivity index is 1.88. The van der Waals surface area contributed by atoms with Crippen molar-refractivity contribution in [3.8, 4) is 5.75 Å². The number of hydrogen-bond acceptors (Lipinski definition) is 3. The lowest BCUT2D eigenvalue weighted by Gasteiger charge is -2.13. The Morgan fingerprint density at radius 1 is 1.32 bits per heavy atom. The predicted molar refractivity (Wildman–Crippen MR) is 76.3 cm³/mol. The summed E-state index contributed by atoms with van der Waals surface area (Å²) in [5, 5.41) is 4.42. The van der Waals surface area contributed by atoms with Crippen LogP contribution in [0, 0.1) is 6.92 Å². The van der Waals surface area contributed by atoms with Gasteiger partial charge in [-0.05, 0) is 32.0 Å². The average molecular weight is 259 g/mol. The zero-order valence-electron chi connectivity index (χ0n) is 11.5. The molecule has 0 saturated heterocycles. The molecule has 4 nitrogen and oxygen atoms in total. The van der Waals surface area contributed by atoms with Gasteiger partial charge in [-0.25, -0.2) is 0 Å². The van der Waals surface area contributed by atoms with Gasteiger partial charge in [0.1, 0.15) is 12.4 Å². The minimum absolute atomic E-state index is 0.0263. The van der Waals surface area contributed by atoms with Crippen LogP contribution < -0.4 is 10.5 Å². The van der Waals surface area contributed by atoms with E-state index in [1.165, 1.54) is 5.69 Å². The van der Waals surface area contributed by atoms with E-state index in [0.717, 1.165) is 24.4 Å². The third-order valence-corrected chi connectivity index (χ3v) is 2.96. The third kappa shape index (κ3) is 3.83. The van der Waals surface area contributed by atoms with Gasteiger partial charge in [-0.1, -0.05) is 18.2 Å². The highest BCUT2D eigenvalue weighted by Crippen LogP contribution is 2.10. The predicted octanol–water partition coefficient (Wildman–Crippen LogP) is 2.16. The van der Waals surface area contributed by atoms with Crippen molar-refractivity contribution in [1.29, 1.82) is 0 Å². The molecule has 4 heteroatoms. The second-order valence-electron chi connectivity index (χ2n) is 4.68. The molecule has 2 N–H and O–H groups in total. The van der Waals surface area contributed by atoms with Gasteiger partial charge in [0, 0.05) is 24.7 Å². The van der Waals surface area contributed by atoms with Crippen molar-refractivity contribution < 1.29 is 4.74 Å². The zero-order valence-corrected chi connectivity index (χ0v) is 11.5. The average Bonchev–Trinajstić information content (AvgIpc) is 2.77. The molecular weight excluding hydrogens is 238 g/mol. The molecule has 2 rings (SSSR count). The lowest BCUT2D eigenvalue weighted by Crippen LogP contribution is -2.31. The van der Waals surface area contributed by atoms with Crippen molar-refractivity contribution in [2.75, 3.05) is 6.61 Å². The lowest BCUT2D eigenvalue weighted by molar-refractivity contribution is 0.285. The summed E-state index contributed by atoms with van der Waals surface area (Å²) < 4.78 is 7.66. The van der Waals surface area contributed by atoms with Crippen LogP contribution >= 0.6 is 0 Å². The van der Waals surface area contributed by atoms with E-state index in [1.807, 2.05) is 41.9 Å². The maximum atomic E-state index is 6.12. The Labute approximate surface area is 114 Å². The molecule has 0 saturated carbocycles. The smallest absolute Gasteiger partial charge is 0.119 e. The number of rotatable bonds is 6. The molecule has 1 heterocycles. The van der Waals surface area contributed by atoms with Gasteiger partial charge in [0.05, 0.1) is 5.69 Å². The van der Waals surface area contributed by atoms with Gasteiger partial charge in [-0.3, -0.25) is 4.68 Å². The van der Waals surface area contributed by atoms with E-state index in [9.17, 15) is 0 Å². The summed E-state index contributed by atoms with van der Waals surface area (Å²) in [5.41, 5.74) is 8.33. The summed E-state index contributed by atoms with van der Waals surface area (Å²) >= 11 is 0. The highest BCUT2D eigenvalue weighted by molar-refractivity contribution is 5.21. The van der Waals surface area contributed by atoms with Crippen LogP contribution in [-0.4, -0.2) is 22.4 Å². The minimum atomic E-state index is -0.0263. The van der Waals surface area contributed by atoms with Crippen molar-refractivity contribution in [3.05, 3.63) is 47.8 Å². The number of nitrogens with zero attached hydrogens (tertiary/aromatic N) is 2. The highest BCUT2D eigenvalue weighted by Gasteiger charge is 2.10. The van der Waals surface area contributed by atoms with Crippen molar-refractivity contribution in [2.24, 2.45) is 5.73 Å². The molecule has 0 fully saturated rings. The summed E-state index contributed by atoms with van der Waals surface area (Å²) in [4.78, 5) is 0. The Hall–Kier alpha value is -1.81. The Kier molecular flexibility index (Phi) is 4.58. The molecule has 0 spiro atoms. The van der Waals surface area contributed by atoms with E-state index in [4.69, 9.17) is 10.5 Å². The van der Waals surface area contributed by atoms with E-state index in [2.05, 4.69) is 18.1 Å². The van der Waals surface area contributed by atoms with E-state index in [-0.39, 0.29) is 6.04 Å². The van der Waals surface area contributed by atoms with Gasteiger partial charge < -0.3 is 10.5 Å². The summed E-state index contributed by atoms with van der Waals surface area (Å²) in [6.45, 7) is 5.47. The minimum Gasteiger partial charge on any atom is -0.492 e. The summed E-state index contributed by atoms with van der Waals surface area (Å²) in [5.74, 6) is 0.859. The van der Waals surface area contributed by atoms with Crippen LogP contribution in [-0.2, 0) is 13.0 Å². The number of hydrogen-bond donors (Lipinski definition) is 1. The molecular formula is C15H21N3O. The van der Waals surface area contributed by atoms with Crippen molar-refractivity contribution in [1.82, 2.24) is 9.78 Å². The number of para-hydroxylation sites is 1. The molecule has 0 bridgehead atoms.